The van der Waals surface area contributed by atoms with Crippen molar-refractivity contribution in [1.29, 1.82) is 0 Å². The molecule has 112 valence electrons. The molecule has 6 nitrogen and oxygen atoms in total. The third-order valence-corrected chi connectivity index (χ3v) is 4.23. The van der Waals surface area contributed by atoms with Crippen molar-refractivity contribution >= 4 is 17.2 Å². The van der Waals surface area contributed by atoms with Gasteiger partial charge in [-0.3, -0.25) is 4.79 Å². The molecule has 7 heteroatoms. The van der Waals surface area contributed by atoms with Gasteiger partial charge in [-0.1, -0.05) is 11.2 Å². The lowest BCUT2D eigenvalue weighted by molar-refractivity contribution is -0.122. The molecule has 0 unspecified atom stereocenters. The highest BCUT2D eigenvalue weighted by molar-refractivity contribution is 7.09. The van der Waals surface area contributed by atoms with Gasteiger partial charge in [-0.25, -0.2) is 0 Å². The Bertz CT molecular complexity index is 576. The first-order chi connectivity index (χ1) is 10.3. The van der Waals surface area contributed by atoms with Crippen molar-refractivity contribution < 1.29 is 14.1 Å². The highest BCUT2D eigenvalue weighted by atomic mass is 32.1. The van der Waals surface area contributed by atoms with Crippen LogP contribution in [0.15, 0.2) is 22.0 Å². The number of hydrogen-bond donors (Lipinski definition) is 1. The first kappa shape index (κ1) is 14.2. The molecule has 3 rings (SSSR count). The molecule has 1 saturated heterocycles. The van der Waals surface area contributed by atoms with E-state index < -0.39 is 0 Å². The smallest absolute Gasteiger partial charge is 0.231 e. The highest BCUT2D eigenvalue weighted by Crippen LogP contribution is 2.16. The van der Waals surface area contributed by atoms with Crippen LogP contribution in [0.1, 0.15) is 29.4 Å². The zero-order chi connectivity index (χ0) is 14.5. The van der Waals surface area contributed by atoms with Gasteiger partial charge in [-0.05, 0) is 23.8 Å². The van der Waals surface area contributed by atoms with Gasteiger partial charge < -0.3 is 14.6 Å². The van der Waals surface area contributed by atoms with Crippen LogP contribution in [0.2, 0.25) is 0 Å². The number of rotatable bonds is 6. The molecule has 1 amide bonds. The Kier molecular flexibility index (Phi) is 4.62. The fraction of sp³-hybridized carbons (Fsp3) is 0.500. The minimum Gasteiger partial charge on any atom is -0.381 e. The number of aromatic nitrogens is 2. The van der Waals surface area contributed by atoms with Crippen molar-refractivity contribution in [3.8, 4) is 0 Å². The summed E-state index contributed by atoms with van der Waals surface area (Å²) in [5.74, 6) is 1.43. The van der Waals surface area contributed by atoms with Gasteiger partial charge in [0.2, 0.25) is 11.8 Å². The predicted molar refractivity (Wildman–Crippen MR) is 76.8 cm³/mol. The number of nitrogens with zero attached hydrogens (tertiary/aromatic N) is 2. The second kappa shape index (κ2) is 6.82. The minimum atomic E-state index is 0.00936. The van der Waals surface area contributed by atoms with Crippen LogP contribution in [0, 0.1) is 5.92 Å². The van der Waals surface area contributed by atoms with Crippen molar-refractivity contribution in [2.24, 2.45) is 5.92 Å². The molecular formula is C14H17N3O3S. The van der Waals surface area contributed by atoms with Gasteiger partial charge >= 0.3 is 0 Å². The number of amides is 1. The summed E-state index contributed by atoms with van der Waals surface area (Å²) in [6, 6.07) is 4.02. The van der Waals surface area contributed by atoms with Crippen LogP contribution < -0.4 is 5.32 Å². The Hall–Kier alpha value is -1.73. The second-order valence-corrected chi connectivity index (χ2v) is 6.10. The summed E-state index contributed by atoms with van der Waals surface area (Å²) < 4.78 is 10.4. The van der Waals surface area contributed by atoms with Crippen LogP contribution >= 0.6 is 11.3 Å². The molecule has 2 aromatic rings. The maximum absolute atomic E-state index is 11.8. The van der Waals surface area contributed by atoms with Gasteiger partial charge in [-0.2, -0.15) is 4.98 Å². The van der Waals surface area contributed by atoms with Crippen LogP contribution in [-0.2, 0) is 22.5 Å². The Balaban J connectivity index is 1.44. The van der Waals surface area contributed by atoms with E-state index in [1.54, 1.807) is 11.3 Å². The van der Waals surface area contributed by atoms with Crippen LogP contribution in [-0.4, -0.2) is 29.3 Å². The van der Waals surface area contributed by atoms with Gasteiger partial charge in [0.05, 0.1) is 13.0 Å². The van der Waals surface area contributed by atoms with E-state index in [4.69, 9.17) is 9.26 Å². The quantitative estimate of drug-likeness (QED) is 0.880. The average Bonchev–Trinajstić information content (AvgIpc) is 3.19. The van der Waals surface area contributed by atoms with Gasteiger partial charge in [0.1, 0.15) is 0 Å². The lowest BCUT2D eigenvalue weighted by Crippen LogP contribution is -2.25. The zero-order valence-electron chi connectivity index (χ0n) is 11.6. The average molecular weight is 307 g/mol. The van der Waals surface area contributed by atoms with Crippen molar-refractivity contribution in [1.82, 2.24) is 15.5 Å². The third-order valence-electron chi connectivity index (χ3n) is 3.36. The van der Waals surface area contributed by atoms with Gasteiger partial charge in [0.15, 0.2) is 5.82 Å². The van der Waals surface area contributed by atoms with E-state index in [0.717, 1.165) is 13.0 Å². The van der Waals surface area contributed by atoms with E-state index in [0.29, 0.717) is 43.6 Å². The molecule has 0 bridgehead atoms. The van der Waals surface area contributed by atoms with Gasteiger partial charge in [0, 0.05) is 24.5 Å². The molecule has 1 fully saturated rings. The summed E-state index contributed by atoms with van der Waals surface area (Å²) in [5, 5.41) is 8.71. The number of carbonyl (C=O) groups excluding carboxylic acids is 1. The first-order valence-electron chi connectivity index (χ1n) is 6.98. The molecule has 0 saturated carbocycles. The number of hydrogen-bond acceptors (Lipinski definition) is 6. The molecular weight excluding hydrogens is 290 g/mol. The number of nitrogens with one attached hydrogen (secondary N) is 1. The van der Waals surface area contributed by atoms with Crippen molar-refractivity contribution in [3.63, 3.8) is 0 Å². The first-order valence-corrected chi connectivity index (χ1v) is 7.86. The molecule has 0 spiro atoms. The monoisotopic (exact) mass is 307 g/mol. The van der Waals surface area contributed by atoms with Crippen molar-refractivity contribution in [3.05, 3.63) is 34.1 Å². The summed E-state index contributed by atoms with van der Waals surface area (Å²) in [6.45, 7) is 1.75. The maximum atomic E-state index is 11.8. The summed E-state index contributed by atoms with van der Waals surface area (Å²) in [6.07, 6.45) is 2.10. The number of ether oxygens (including phenoxy) is 1. The van der Waals surface area contributed by atoms with Crippen molar-refractivity contribution in [2.45, 2.75) is 25.8 Å². The van der Waals surface area contributed by atoms with Gasteiger partial charge in [0.25, 0.3) is 0 Å². The maximum Gasteiger partial charge on any atom is 0.231 e. The predicted octanol–water partition coefficient (Wildman–Crippen LogP) is 1.76. The fourth-order valence-corrected chi connectivity index (χ4v) is 2.95. The number of thiophene rings is 1. The largest absolute Gasteiger partial charge is 0.381 e. The van der Waals surface area contributed by atoms with Crippen LogP contribution in [0.25, 0.3) is 0 Å². The molecule has 1 aliphatic rings. The summed E-state index contributed by atoms with van der Waals surface area (Å²) in [5.41, 5.74) is 0. The molecule has 21 heavy (non-hydrogen) atoms. The second-order valence-electron chi connectivity index (χ2n) is 5.07. The summed E-state index contributed by atoms with van der Waals surface area (Å²) in [7, 11) is 0. The van der Waals surface area contributed by atoms with Crippen LogP contribution in [0.3, 0.4) is 0 Å². The molecule has 1 atom stereocenters. The third kappa shape index (κ3) is 4.12. The van der Waals surface area contributed by atoms with Crippen LogP contribution in [0.4, 0.5) is 0 Å². The van der Waals surface area contributed by atoms with E-state index in [1.165, 1.54) is 4.88 Å². The Labute approximate surface area is 126 Å². The Morgan fingerprint density at radius 1 is 1.52 bits per heavy atom. The summed E-state index contributed by atoms with van der Waals surface area (Å²) >= 11 is 1.65. The number of carbonyl (C=O) groups is 1. The zero-order valence-corrected chi connectivity index (χ0v) is 12.4. The highest BCUT2D eigenvalue weighted by Gasteiger charge is 2.19. The fourth-order valence-electron chi connectivity index (χ4n) is 2.25. The van der Waals surface area contributed by atoms with E-state index in [-0.39, 0.29) is 5.91 Å². The van der Waals surface area contributed by atoms with Crippen LogP contribution in [0.5, 0.6) is 0 Å². The lowest BCUT2D eigenvalue weighted by atomic mass is 10.1. The lowest BCUT2D eigenvalue weighted by Gasteiger charge is -2.06. The van der Waals surface area contributed by atoms with E-state index in [1.807, 2.05) is 17.5 Å². The molecule has 0 radical (unpaired) electrons. The molecule has 1 N–H and O–H groups in total. The van der Waals surface area contributed by atoms with E-state index in [2.05, 4.69) is 15.5 Å². The Morgan fingerprint density at radius 2 is 2.48 bits per heavy atom. The molecule has 0 aliphatic carbocycles. The molecule has 3 heterocycles. The minimum absolute atomic E-state index is 0.00936. The normalized spacial score (nSPS) is 18.0. The van der Waals surface area contributed by atoms with Gasteiger partial charge in [-0.15, -0.1) is 11.3 Å². The van der Waals surface area contributed by atoms with Crippen molar-refractivity contribution in [2.75, 3.05) is 13.2 Å². The SMILES string of the molecule is O=C(C[C@@H]1CCOC1)NCc1noc(Cc2cccs2)n1. The molecule has 2 aromatic heterocycles. The molecule has 1 aliphatic heterocycles. The standard InChI is InChI=1S/C14H17N3O3S/c18-13(6-10-3-4-19-9-10)15-8-12-16-14(20-17-12)7-11-2-1-5-21-11/h1-2,5,10H,3-4,6-9H2,(H,15,18)/t10-/m0/s1. The van der Waals surface area contributed by atoms with E-state index in [9.17, 15) is 4.79 Å². The summed E-state index contributed by atoms with van der Waals surface area (Å²) in [4.78, 5) is 17.2. The molecule has 0 aromatic carbocycles. The topological polar surface area (TPSA) is 77.2 Å². The van der Waals surface area contributed by atoms with E-state index >= 15 is 0 Å². The Morgan fingerprint density at radius 3 is 3.24 bits per heavy atom.